The van der Waals surface area contributed by atoms with E-state index in [1.165, 1.54) is 6.07 Å². The van der Waals surface area contributed by atoms with Crippen LogP contribution in [0.1, 0.15) is 17.2 Å². The van der Waals surface area contributed by atoms with Gasteiger partial charge in [0.05, 0.1) is 6.04 Å². The van der Waals surface area contributed by atoms with Crippen molar-refractivity contribution >= 4 is 12.4 Å². The molecule has 0 amide bonds. The summed E-state index contributed by atoms with van der Waals surface area (Å²) in [7, 11) is 0. The number of hydrogen-bond donors (Lipinski definition) is 2. The first kappa shape index (κ1) is 15.2. The highest BCUT2D eigenvalue weighted by Crippen LogP contribution is 2.29. The molecule has 0 heterocycles. The van der Waals surface area contributed by atoms with E-state index >= 15 is 0 Å². The summed E-state index contributed by atoms with van der Waals surface area (Å²) in [6.45, 7) is 1.65. The molecule has 0 aromatic heterocycles. The van der Waals surface area contributed by atoms with Crippen molar-refractivity contribution in [1.29, 1.82) is 0 Å². The molecule has 16 heavy (non-hydrogen) atoms. The van der Waals surface area contributed by atoms with Crippen LogP contribution in [0.3, 0.4) is 0 Å². The number of aliphatic hydroxyl groups is 1. The van der Waals surface area contributed by atoms with E-state index in [2.05, 4.69) is 0 Å². The summed E-state index contributed by atoms with van der Waals surface area (Å²) in [6.07, 6.45) is -7.22. The number of benzene rings is 1. The van der Waals surface area contributed by atoms with E-state index in [-0.39, 0.29) is 12.4 Å². The van der Waals surface area contributed by atoms with Crippen LogP contribution in [0.15, 0.2) is 24.3 Å². The quantitative estimate of drug-likeness (QED) is 0.852. The Morgan fingerprint density at radius 2 is 1.75 bits per heavy atom. The van der Waals surface area contributed by atoms with Gasteiger partial charge < -0.3 is 10.8 Å². The maximum atomic E-state index is 12.2. The van der Waals surface area contributed by atoms with Crippen molar-refractivity contribution in [2.24, 2.45) is 5.73 Å². The molecule has 0 fully saturated rings. The van der Waals surface area contributed by atoms with Crippen LogP contribution in [-0.2, 0) is 0 Å². The van der Waals surface area contributed by atoms with Crippen LogP contribution in [0.2, 0.25) is 0 Å². The van der Waals surface area contributed by atoms with Gasteiger partial charge in [-0.25, -0.2) is 0 Å². The smallest absolute Gasteiger partial charge is 0.382 e. The predicted octanol–water partition coefficient (Wildman–Crippen LogP) is 2.34. The van der Waals surface area contributed by atoms with E-state index < -0.39 is 18.3 Å². The third-order valence-electron chi connectivity index (χ3n) is 2.22. The zero-order chi connectivity index (χ0) is 11.6. The second-order valence-corrected chi connectivity index (χ2v) is 3.37. The van der Waals surface area contributed by atoms with Crippen LogP contribution in [-0.4, -0.2) is 17.4 Å². The van der Waals surface area contributed by atoms with Gasteiger partial charge in [-0.2, -0.15) is 13.2 Å². The van der Waals surface area contributed by atoms with Crippen molar-refractivity contribution in [3.8, 4) is 0 Å². The lowest BCUT2D eigenvalue weighted by atomic mass is 9.97. The zero-order valence-electron chi connectivity index (χ0n) is 8.53. The number of halogens is 4. The number of aliphatic hydroxyl groups excluding tert-OH is 1. The molecule has 3 N–H and O–H groups in total. The molecule has 0 saturated heterocycles. The van der Waals surface area contributed by atoms with Gasteiger partial charge in [0.15, 0.2) is 6.10 Å². The SMILES string of the molecule is Cc1ccccc1[C@@H](N)[C@@H](O)C(F)(F)F.Cl. The highest BCUT2D eigenvalue weighted by Gasteiger charge is 2.42. The molecule has 2 atom stereocenters. The third-order valence-corrected chi connectivity index (χ3v) is 2.22. The Hall–Kier alpha value is -0.780. The Morgan fingerprint density at radius 1 is 1.25 bits per heavy atom. The Balaban J connectivity index is 0.00000225. The minimum Gasteiger partial charge on any atom is -0.382 e. The molecule has 6 heteroatoms. The molecule has 0 spiro atoms. The summed E-state index contributed by atoms with van der Waals surface area (Å²) in [5.41, 5.74) is 6.30. The molecule has 0 unspecified atom stereocenters. The van der Waals surface area contributed by atoms with Crippen molar-refractivity contribution in [1.82, 2.24) is 0 Å². The van der Waals surface area contributed by atoms with Gasteiger partial charge in [-0.15, -0.1) is 12.4 Å². The van der Waals surface area contributed by atoms with Crippen molar-refractivity contribution in [3.05, 3.63) is 35.4 Å². The molecule has 2 nitrogen and oxygen atoms in total. The lowest BCUT2D eigenvalue weighted by Gasteiger charge is -2.22. The molecule has 0 aliphatic rings. The van der Waals surface area contributed by atoms with Gasteiger partial charge in [0.25, 0.3) is 0 Å². The van der Waals surface area contributed by atoms with Crippen LogP contribution in [0.5, 0.6) is 0 Å². The molecule has 0 saturated carbocycles. The number of hydrogen-bond acceptors (Lipinski definition) is 2. The molecule has 0 bridgehead atoms. The van der Waals surface area contributed by atoms with Crippen molar-refractivity contribution < 1.29 is 18.3 Å². The summed E-state index contributed by atoms with van der Waals surface area (Å²) in [4.78, 5) is 0. The summed E-state index contributed by atoms with van der Waals surface area (Å²) >= 11 is 0. The minimum absolute atomic E-state index is 0. The summed E-state index contributed by atoms with van der Waals surface area (Å²) in [5, 5.41) is 8.98. The second-order valence-electron chi connectivity index (χ2n) is 3.37. The summed E-state index contributed by atoms with van der Waals surface area (Å²) in [5.74, 6) is 0. The van der Waals surface area contributed by atoms with E-state index in [0.717, 1.165) is 0 Å². The molecule has 92 valence electrons. The monoisotopic (exact) mass is 255 g/mol. The third kappa shape index (κ3) is 3.37. The lowest BCUT2D eigenvalue weighted by Crippen LogP contribution is -2.39. The average molecular weight is 256 g/mol. The highest BCUT2D eigenvalue weighted by atomic mass is 35.5. The van der Waals surface area contributed by atoms with E-state index in [9.17, 15) is 13.2 Å². The van der Waals surface area contributed by atoms with Gasteiger partial charge >= 0.3 is 6.18 Å². The highest BCUT2D eigenvalue weighted by molar-refractivity contribution is 5.85. The lowest BCUT2D eigenvalue weighted by molar-refractivity contribution is -0.210. The van der Waals surface area contributed by atoms with Crippen LogP contribution in [0, 0.1) is 6.92 Å². The van der Waals surface area contributed by atoms with Crippen molar-refractivity contribution in [2.45, 2.75) is 25.2 Å². The van der Waals surface area contributed by atoms with E-state index in [4.69, 9.17) is 10.8 Å². The summed E-state index contributed by atoms with van der Waals surface area (Å²) < 4.78 is 36.6. The van der Waals surface area contributed by atoms with Gasteiger partial charge in [-0.1, -0.05) is 24.3 Å². The molecule has 0 radical (unpaired) electrons. The van der Waals surface area contributed by atoms with Gasteiger partial charge in [-0.3, -0.25) is 0 Å². The van der Waals surface area contributed by atoms with Gasteiger partial charge in [0, 0.05) is 0 Å². The Labute approximate surface area is 97.7 Å². The number of alkyl halides is 3. The number of aryl methyl sites for hydroxylation is 1. The average Bonchev–Trinajstić information content (AvgIpc) is 2.15. The van der Waals surface area contributed by atoms with Gasteiger partial charge in [-0.05, 0) is 18.1 Å². The maximum absolute atomic E-state index is 12.2. The van der Waals surface area contributed by atoms with Gasteiger partial charge in [0.1, 0.15) is 0 Å². The van der Waals surface area contributed by atoms with Crippen LogP contribution in [0.4, 0.5) is 13.2 Å². The summed E-state index contributed by atoms with van der Waals surface area (Å²) in [6, 6.07) is 4.98. The Morgan fingerprint density at radius 3 is 2.19 bits per heavy atom. The van der Waals surface area contributed by atoms with E-state index in [1.807, 2.05) is 0 Å². The number of rotatable bonds is 2. The maximum Gasteiger partial charge on any atom is 0.416 e. The minimum atomic E-state index is -4.69. The first-order valence-corrected chi connectivity index (χ1v) is 4.40. The second kappa shape index (κ2) is 5.52. The molecule has 1 rings (SSSR count). The molecule has 1 aromatic rings. The number of nitrogens with two attached hydrogens (primary N) is 1. The van der Waals surface area contributed by atoms with Gasteiger partial charge in [0.2, 0.25) is 0 Å². The fourth-order valence-electron chi connectivity index (χ4n) is 1.33. The Bertz CT molecular complexity index is 343. The molecule has 0 aliphatic carbocycles. The zero-order valence-corrected chi connectivity index (χ0v) is 9.35. The van der Waals surface area contributed by atoms with Crippen molar-refractivity contribution in [2.75, 3.05) is 0 Å². The Kier molecular flexibility index (Phi) is 5.25. The predicted molar refractivity (Wildman–Crippen MR) is 57.4 cm³/mol. The first-order chi connectivity index (χ1) is 6.84. The van der Waals surface area contributed by atoms with Crippen LogP contribution < -0.4 is 5.73 Å². The van der Waals surface area contributed by atoms with Crippen LogP contribution >= 0.6 is 12.4 Å². The molecular formula is C10H13ClF3NO. The fraction of sp³-hybridized carbons (Fsp3) is 0.400. The molecule has 1 aromatic carbocycles. The standard InChI is InChI=1S/C10H12F3NO.ClH/c1-6-4-2-3-5-7(6)8(14)9(15)10(11,12)13;/h2-5,8-9,15H,14H2,1H3;1H/t8-,9-;/m1./s1. The van der Waals surface area contributed by atoms with E-state index in [1.54, 1.807) is 25.1 Å². The molecule has 0 aliphatic heterocycles. The first-order valence-electron chi connectivity index (χ1n) is 4.40. The molecular weight excluding hydrogens is 243 g/mol. The van der Waals surface area contributed by atoms with Crippen molar-refractivity contribution in [3.63, 3.8) is 0 Å². The largest absolute Gasteiger partial charge is 0.416 e. The van der Waals surface area contributed by atoms with E-state index in [0.29, 0.717) is 11.1 Å². The fourth-order valence-corrected chi connectivity index (χ4v) is 1.33. The van der Waals surface area contributed by atoms with Crippen LogP contribution in [0.25, 0.3) is 0 Å². The topological polar surface area (TPSA) is 46.2 Å². The normalized spacial score (nSPS) is 15.1.